The maximum atomic E-state index is 12.0. The first-order valence-electron chi connectivity index (χ1n) is 7.64. The number of methoxy groups -OCH3 is 3. The number of hydrogen-bond acceptors (Lipinski definition) is 6. The van der Waals surface area contributed by atoms with E-state index in [1.165, 1.54) is 21.3 Å². The molecule has 0 bridgehead atoms. The van der Waals surface area contributed by atoms with Gasteiger partial charge < -0.3 is 19.5 Å². The molecular weight excluding hydrogens is 334 g/mol. The maximum absolute atomic E-state index is 12.0. The largest absolute Gasteiger partial charge is 0.493 e. The van der Waals surface area contributed by atoms with Crippen LogP contribution in [-0.4, -0.2) is 47.2 Å². The lowest BCUT2D eigenvalue weighted by Gasteiger charge is -2.15. The van der Waals surface area contributed by atoms with E-state index < -0.39 is 9.84 Å². The second-order valence-electron chi connectivity index (χ2n) is 5.78. The fourth-order valence-corrected chi connectivity index (χ4v) is 4.67. The lowest BCUT2D eigenvalue weighted by molar-refractivity contribution is -0.122. The van der Waals surface area contributed by atoms with Crippen LogP contribution in [0.2, 0.25) is 0 Å². The summed E-state index contributed by atoms with van der Waals surface area (Å²) >= 11 is 0. The Kier molecular flexibility index (Phi) is 5.93. The van der Waals surface area contributed by atoms with Gasteiger partial charge >= 0.3 is 0 Å². The van der Waals surface area contributed by atoms with Crippen molar-refractivity contribution in [2.24, 2.45) is 5.92 Å². The van der Waals surface area contributed by atoms with Gasteiger partial charge in [0.05, 0.1) is 32.8 Å². The van der Waals surface area contributed by atoms with E-state index in [-0.39, 0.29) is 29.8 Å². The summed E-state index contributed by atoms with van der Waals surface area (Å²) in [5.74, 6) is 1.56. The summed E-state index contributed by atoms with van der Waals surface area (Å²) in [5, 5.41) is 2.81. The third-order valence-electron chi connectivity index (χ3n) is 4.02. The van der Waals surface area contributed by atoms with Gasteiger partial charge in [0.25, 0.3) is 0 Å². The zero-order chi connectivity index (χ0) is 17.7. The first kappa shape index (κ1) is 18.4. The summed E-state index contributed by atoms with van der Waals surface area (Å²) in [7, 11) is 1.62. The van der Waals surface area contributed by atoms with E-state index >= 15 is 0 Å². The van der Waals surface area contributed by atoms with Crippen LogP contribution < -0.4 is 19.5 Å². The molecule has 1 atom stereocenters. The topological polar surface area (TPSA) is 90.9 Å². The second kappa shape index (κ2) is 7.74. The van der Waals surface area contributed by atoms with Crippen molar-refractivity contribution >= 4 is 15.7 Å². The Balaban J connectivity index is 1.97. The molecule has 8 heteroatoms. The van der Waals surface area contributed by atoms with Gasteiger partial charge in [-0.05, 0) is 30.0 Å². The van der Waals surface area contributed by atoms with Crippen molar-refractivity contribution < 1.29 is 27.4 Å². The fraction of sp³-hybridized carbons (Fsp3) is 0.562. The minimum atomic E-state index is -2.96. The van der Waals surface area contributed by atoms with Gasteiger partial charge in [0.2, 0.25) is 11.7 Å². The van der Waals surface area contributed by atoms with Crippen LogP contribution in [0.3, 0.4) is 0 Å². The van der Waals surface area contributed by atoms with Crippen molar-refractivity contribution in [1.29, 1.82) is 0 Å². The molecule has 0 spiro atoms. The first-order chi connectivity index (χ1) is 11.4. The summed E-state index contributed by atoms with van der Waals surface area (Å²) in [6, 6.07) is 3.53. The van der Waals surface area contributed by atoms with Crippen LogP contribution in [0.4, 0.5) is 0 Å². The molecule has 0 radical (unpaired) electrons. The molecule has 1 aliphatic rings. The monoisotopic (exact) mass is 357 g/mol. The predicted molar refractivity (Wildman–Crippen MR) is 89.3 cm³/mol. The molecule has 1 aromatic rings. The van der Waals surface area contributed by atoms with E-state index in [2.05, 4.69) is 5.32 Å². The Hall–Kier alpha value is -1.96. The number of amides is 1. The third-order valence-corrected chi connectivity index (χ3v) is 5.85. The van der Waals surface area contributed by atoms with Gasteiger partial charge in [-0.3, -0.25) is 4.79 Å². The Labute approximate surface area is 142 Å². The second-order valence-corrected chi connectivity index (χ2v) is 8.01. The summed E-state index contributed by atoms with van der Waals surface area (Å²) in [6.45, 7) is 0.301. The SMILES string of the molecule is COc1cc(CNC(=O)C[C@H]2CCS(=O)(=O)C2)cc(OC)c1OC. The molecule has 1 saturated heterocycles. The highest BCUT2D eigenvalue weighted by molar-refractivity contribution is 7.91. The highest BCUT2D eigenvalue weighted by Gasteiger charge is 2.29. The van der Waals surface area contributed by atoms with Crippen LogP contribution in [0.1, 0.15) is 18.4 Å². The van der Waals surface area contributed by atoms with Crippen LogP contribution in [0.5, 0.6) is 17.2 Å². The van der Waals surface area contributed by atoms with Crippen molar-refractivity contribution in [2.45, 2.75) is 19.4 Å². The van der Waals surface area contributed by atoms with Crippen LogP contribution in [0.15, 0.2) is 12.1 Å². The molecule has 24 heavy (non-hydrogen) atoms. The molecule has 1 aliphatic heterocycles. The van der Waals surface area contributed by atoms with Crippen molar-refractivity contribution in [3.8, 4) is 17.2 Å². The van der Waals surface area contributed by atoms with Crippen molar-refractivity contribution in [3.63, 3.8) is 0 Å². The summed E-state index contributed by atoms with van der Waals surface area (Å²) in [6.07, 6.45) is 0.781. The van der Waals surface area contributed by atoms with Gasteiger partial charge in [0.15, 0.2) is 21.3 Å². The normalized spacial score (nSPS) is 18.9. The summed E-state index contributed by atoms with van der Waals surface area (Å²) in [4.78, 5) is 12.0. The van der Waals surface area contributed by atoms with Gasteiger partial charge in [0, 0.05) is 13.0 Å². The maximum Gasteiger partial charge on any atom is 0.220 e. The molecule has 0 aliphatic carbocycles. The highest BCUT2D eigenvalue weighted by Crippen LogP contribution is 2.38. The number of sulfone groups is 1. The fourth-order valence-electron chi connectivity index (χ4n) is 2.81. The Morgan fingerprint density at radius 1 is 1.17 bits per heavy atom. The average Bonchev–Trinajstić information content (AvgIpc) is 2.90. The minimum Gasteiger partial charge on any atom is -0.493 e. The van der Waals surface area contributed by atoms with E-state index in [0.29, 0.717) is 30.2 Å². The van der Waals surface area contributed by atoms with Gasteiger partial charge in [-0.1, -0.05) is 0 Å². The van der Waals surface area contributed by atoms with Crippen molar-refractivity contribution in [2.75, 3.05) is 32.8 Å². The minimum absolute atomic E-state index is 0.0880. The van der Waals surface area contributed by atoms with Gasteiger partial charge in [0.1, 0.15) is 0 Å². The van der Waals surface area contributed by atoms with Crippen molar-refractivity contribution in [1.82, 2.24) is 5.32 Å². The van der Waals surface area contributed by atoms with Crippen LogP contribution in [-0.2, 0) is 21.2 Å². The third kappa shape index (κ3) is 4.53. The molecule has 1 heterocycles. The molecule has 1 N–H and O–H groups in total. The van der Waals surface area contributed by atoms with E-state index in [1.807, 2.05) is 0 Å². The molecule has 2 rings (SSSR count). The number of benzene rings is 1. The Morgan fingerprint density at radius 2 is 1.79 bits per heavy atom. The quantitative estimate of drug-likeness (QED) is 0.787. The molecule has 1 fully saturated rings. The zero-order valence-corrected chi connectivity index (χ0v) is 14.9. The number of rotatable bonds is 7. The standard InChI is InChI=1S/C16H23NO6S/c1-21-13-6-12(7-14(22-2)16(13)23-3)9-17-15(18)8-11-4-5-24(19,20)10-11/h6-7,11H,4-5,8-10H2,1-3H3,(H,17,18)/t11-/m1/s1. The number of carbonyl (C=O) groups is 1. The molecule has 0 unspecified atom stereocenters. The molecular formula is C16H23NO6S. The Bertz CT molecular complexity index is 676. The van der Waals surface area contributed by atoms with Crippen LogP contribution >= 0.6 is 0 Å². The first-order valence-corrected chi connectivity index (χ1v) is 9.46. The van der Waals surface area contributed by atoms with E-state index in [1.54, 1.807) is 12.1 Å². The molecule has 0 saturated carbocycles. The molecule has 134 valence electrons. The Morgan fingerprint density at radius 3 is 2.25 bits per heavy atom. The zero-order valence-electron chi connectivity index (χ0n) is 14.1. The average molecular weight is 357 g/mol. The van der Waals surface area contributed by atoms with E-state index in [9.17, 15) is 13.2 Å². The van der Waals surface area contributed by atoms with Crippen LogP contribution in [0, 0.1) is 5.92 Å². The lowest BCUT2D eigenvalue weighted by atomic mass is 10.0. The number of hydrogen-bond donors (Lipinski definition) is 1. The summed E-state index contributed by atoms with van der Waals surface area (Å²) < 4.78 is 38.7. The van der Waals surface area contributed by atoms with Crippen molar-refractivity contribution in [3.05, 3.63) is 17.7 Å². The number of carbonyl (C=O) groups excluding carboxylic acids is 1. The smallest absolute Gasteiger partial charge is 0.220 e. The van der Waals surface area contributed by atoms with Crippen LogP contribution in [0.25, 0.3) is 0 Å². The molecule has 0 aromatic heterocycles. The summed E-state index contributed by atoms with van der Waals surface area (Å²) in [5.41, 5.74) is 0.803. The van der Waals surface area contributed by atoms with Gasteiger partial charge in [-0.25, -0.2) is 8.42 Å². The lowest BCUT2D eigenvalue weighted by Crippen LogP contribution is -2.25. The van der Waals surface area contributed by atoms with E-state index in [4.69, 9.17) is 14.2 Å². The van der Waals surface area contributed by atoms with Gasteiger partial charge in [-0.2, -0.15) is 0 Å². The molecule has 1 amide bonds. The highest BCUT2D eigenvalue weighted by atomic mass is 32.2. The molecule has 7 nitrogen and oxygen atoms in total. The number of nitrogens with one attached hydrogen (secondary N) is 1. The number of ether oxygens (including phenoxy) is 3. The van der Waals surface area contributed by atoms with E-state index in [0.717, 1.165) is 5.56 Å². The predicted octanol–water partition coefficient (Wildman–Crippen LogP) is 1.15. The molecule has 1 aromatic carbocycles. The van der Waals surface area contributed by atoms with Gasteiger partial charge in [-0.15, -0.1) is 0 Å².